The van der Waals surface area contributed by atoms with E-state index >= 15 is 0 Å². The summed E-state index contributed by atoms with van der Waals surface area (Å²) in [6.07, 6.45) is 3.86. The predicted octanol–water partition coefficient (Wildman–Crippen LogP) is 4.14. The molecule has 1 heterocycles. The molecule has 0 aliphatic rings. The minimum atomic E-state index is 0.476. The Morgan fingerprint density at radius 1 is 1.28 bits per heavy atom. The van der Waals surface area contributed by atoms with E-state index in [0.717, 1.165) is 35.5 Å². The van der Waals surface area contributed by atoms with Crippen LogP contribution in [-0.2, 0) is 12.3 Å². The molecule has 0 amide bonds. The Morgan fingerprint density at radius 3 is 2.78 bits per heavy atom. The lowest BCUT2D eigenvalue weighted by Crippen LogP contribution is -2.00. The van der Waals surface area contributed by atoms with Gasteiger partial charge in [0.25, 0.3) is 0 Å². The van der Waals surface area contributed by atoms with Gasteiger partial charge in [0.2, 0.25) is 0 Å². The smallest absolute Gasteiger partial charge is 0.159 e. The molecule has 0 unspecified atom stereocenters. The summed E-state index contributed by atoms with van der Waals surface area (Å²) in [6.45, 7) is 4.22. The van der Waals surface area contributed by atoms with Crippen LogP contribution in [0.1, 0.15) is 30.2 Å². The molecule has 0 bridgehead atoms. The first-order valence-corrected chi connectivity index (χ1v) is 6.76. The topological polar surface area (TPSA) is 25.8 Å². The maximum atomic E-state index is 5.91. The summed E-state index contributed by atoms with van der Waals surface area (Å²) in [5, 5.41) is 0. The van der Waals surface area contributed by atoms with Crippen LogP contribution in [0.4, 0.5) is 0 Å². The molecule has 2 rings (SSSR count). The van der Waals surface area contributed by atoms with Crippen LogP contribution in [0.5, 0.6) is 0 Å². The third-order valence-electron chi connectivity index (χ3n) is 2.86. The first-order valence-electron chi connectivity index (χ1n) is 6.22. The molecule has 0 fully saturated rings. The van der Waals surface area contributed by atoms with Crippen LogP contribution in [-0.4, -0.2) is 9.97 Å². The number of alkyl halides is 1. The number of rotatable bonds is 4. The monoisotopic (exact) mass is 260 g/mol. The number of benzene rings is 1. The van der Waals surface area contributed by atoms with Gasteiger partial charge >= 0.3 is 0 Å². The van der Waals surface area contributed by atoms with Gasteiger partial charge in [-0.15, -0.1) is 11.6 Å². The predicted molar refractivity (Wildman–Crippen MR) is 75.8 cm³/mol. The molecular formula is C15H17ClN2. The van der Waals surface area contributed by atoms with Crippen LogP contribution in [0.3, 0.4) is 0 Å². The fourth-order valence-corrected chi connectivity index (χ4v) is 2.15. The summed E-state index contributed by atoms with van der Waals surface area (Å²) in [5.41, 5.74) is 4.39. The molecule has 1 aromatic heterocycles. The lowest BCUT2D eigenvalue weighted by atomic mass is 10.1. The van der Waals surface area contributed by atoms with Gasteiger partial charge in [0.1, 0.15) is 0 Å². The van der Waals surface area contributed by atoms with Crippen molar-refractivity contribution in [2.24, 2.45) is 0 Å². The number of hydrogen-bond donors (Lipinski definition) is 0. The SMILES string of the molecule is CCCc1nc(-c2cccc(C)c2)ncc1CCl. The zero-order valence-electron chi connectivity index (χ0n) is 10.8. The standard InChI is InChI=1S/C15H17ClN2/c1-3-5-14-13(9-16)10-17-15(18-14)12-7-4-6-11(2)8-12/h4,6-8,10H,3,5,9H2,1-2H3. The van der Waals surface area contributed by atoms with Crippen molar-refractivity contribution in [1.82, 2.24) is 9.97 Å². The Morgan fingerprint density at radius 2 is 2.11 bits per heavy atom. The Labute approximate surface area is 113 Å². The minimum Gasteiger partial charge on any atom is -0.236 e. The van der Waals surface area contributed by atoms with E-state index in [1.165, 1.54) is 5.56 Å². The zero-order valence-corrected chi connectivity index (χ0v) is 11.5. The molecule has 2 nitrogen and oxygen atoms in total. The van der Waals surface area contributed by atoms with Crippen LogP contribution in [0.2, 0.25) is 0 Å². The van der Waals surface area contributed by atoms with E-state index in [9.17, 15) is 0 Å². The van der Waals surface area contributed by atoms with E-state index in [0.29, 0.717) is 5.88 Å². The maximum Gasteiger partial charge on any atom is 0.159 e. The van der Waals surface area contributed by atoms with Crippen LogP contribution < -0.4 is 0 Å². The van der Waals surface area contributed by atoms with E-state index in [-0.39, 0.29) is 0 Å². The average molecular weight is 261 g/mol. The van der Waals surface area contributed by atoms with Gasteiger partial charge in [-0.05, 0) is 19.4 Å². The van der Waals surface area contributed by atoms with Crippen molar-refractivity contribution < 1.29 is 0 Å². The largest absolute Gasteiger partial charge is 0.236 e. The number of nitrogens with zero attached hydrogens (tertiary/aromatic N) is 2. The van der Waals surface area contributed by atoms with Gasteiger partial charge in [-0.2, -0.15) is 0 Å². The van der Waals surface area contributed by atoms with Crippen molar-refractivity contribution in [2.75, 3.05) is 0 Å². The van der Waals surface area contributed by atoms with Crippen molar-refractivity contribution in [3.05, 3.63) is 47.3 Å². The van der Waals surface area contributed by atoms with Crippen molar-refractivity contribution in [3.8, 4) is 11.4 Å². The summed E-state index contributed by atoms with van der Waals surface area (Å²) in [6, 6.07) is 8.25. The van der Waals surface area contributed by atoms with Crippen molar-refractivity contribution in [3.63, 3.8) is 0 Å². The van der Waals surface area contributed by atoms with Crippen LogP contribution >= 0.6 is 11.6 Å². The summed E-state index contributed by atoms with van der Waals surface area (Å²) in [7, 11) is 0. The highest BCUT2D eigenvalue weighted by molar-refractivity contribution is 6.17. The van der Waals surface area contributed by atoms with Gasteiger partial charge in [0, 0.05) is 23.0 Å². The highest BCUT2D eigenvalue weighted by Gasteiger charge is 2.07. The van der Waals surface area contributed by atoms with Crippen molar-refractivity contribution in [2.45, 2.75) is 32.6 Å². The fraction of sp³-hybridized carbons (Fsp3) is 0.333. The number of hydrogen-bond acceptors (Lipinski definition) is 2. The molecule has 0 saturated carbocycles. The van der Waals surface area contributed by atoms with Crippen molar-refractivity contribution in [1.29, 1.82) is 0 Å². The average Bonchev–Trinajstić information content (AvgIpc) is 2.39. The summed E-state index contributed by atoms with van der Waals surface area (Å²) >= 11 is 5.91. The first kappa shape index (κ1) is 13.0. The molecule has 94 valence electrons. The van der Waals surface area contributed by atoms with Crippen LogP contribution in [0.25, 0.3) is 11.4 Å². The van der Waals surface area contributed by atoms with Crippen molar-refractivity contribution >= 4 is 11.6 Å². The molecule has 0 aliphatic heterocycles. The lowest BCUT2D eigenvalue weighted by molar-refractivity contribution is 0.859. The Kier molecular flexibility index (Phi) is 4.32. The Bertz CT molecular complexity index is 538. The number of halogens is 1. The number of aryl methyl sites for hydroxylation is 2. The summed E-state index contributed by atoms with van der Waals surface area (Å²) < 4.78 is 0. The molecule has 0 N–H and O–H groups in total. The molecule has 0 radical (unpaired) electrons. The first-order chi connectivity index (χ1) is 8.74. The van der Waals surface area contributed by atoms with E-state index in [1.807, 2.05) is 18.3 Å². The van der Waals surface area contributed by atoms with Crippen LogP contribution in [0.15, 0.2) is 30.5 Å². The molecule has 0 aliphatic carbocycles. The van der Waals surface area contributed by atoms with Crippen LogP contribution in [0, 0.1) is 6.92 Å². The summed E-state index contributed by atoms with van der Waals surface area (Å²) in [5.74, 6) is 1.26. The van der Waals surface area contributed by atoms with Gasteiger partial charge in [-0.1, -0.05) is 37.1 Å². The third kappa shape index (κ3) is 2.88. The lowest BCUT2D eigenvalue weighted by Gasteiger charge is -2.08. The number of aromatic nitrogens is 2. The van der Waals surface area contributed by atoms with Gasteiger partial charge in [0.05, 0.1) is 5.88 Å². The minimum absolute atomic E-state index is 0.476. The molecular weight excluding hydrogens is 244 g/mol. The molecule has 0 saturated heterocycles. The fourth-order valence-electron chi connectivity index (χ4n) is 1.93. The van der Waals surface area contributed by atoms with Gasteiger partial charge in [-0.25, -0.2) is 9.97 Å². The second-order valence-electron chi connectivity index (χ2n) is 4.42. The van der Waals surface area contributed by atoms with Gasteiger partial charge in [0.15, 0.2) is 5.82 Å². The molecule has 0 atom stereocenters. The molecule has 18 heavy (non-hydrogen) atoms. The highest BCUT2D eigenvalue weighted by Crippen LogP contribution is 2.19. The Balaban J connectivity index is 2.43. The summed E-state index contributed by atoms with van der Waals surface area (Å²) in [4.78, 5) is 9.06. The molecule has 3 heteroatoms. The van der Waals surface area contributed by atoms with E-state index in [1.54, 1.807) is 0 Å². The van der Waals surface area contributed by atoms with Gasteiger partial charge in [-0.3, -0.25) is 0 Å². The quantitative estimate of drug-likeness (QED) is 0.772. The second kappa shape index (κ2) is 5.96. The zero-order chi connectivity index (χ0) is 13.0. The molecule has 2 aromatic rings. The second-order valence-corrected chi connectivity index (χ2v) is 4.69. The normalized spacial score (nSPS) is 10.6. The molecule has 1 aromatic carbocycles. The highest BCUT2D eigenvalue weighted by atomic mass is 35.5. The van der Waals surface area contributed by atoms with E-state index in [2.05, 4.69) is 35.9 Å². The van der Waals surface area contributed by atoms with Gasteiger partial charge < -0.3 is 0 Å². The molecule has 0 spiro atoms. The Hall–Kier alpha value is -1.41. The maximum absolute atomic E-state index is 5.91. The van der Waals surface area contributed by atoms with E-state index < -0.39 is 0 Å². The third-order valence-corrected chi connectivity index (χ3v) is 3.15. The van der Waals surface area contributed by atoms with E-state index in [4.69, 9.17) is 11.6 Å².